The highest BCUT2D eigenvalue weighted by molar-refractivity contribution is 6.00. The molecule has 180 valence electrons. The normalized spacial score (nSPS) is 15.2. The lowest BCUT2D eigenvalue weighted by molar-refractivity contribution is -0.115. The third-order valence-electron chi connectivity index (χ3n) is 5.91. The van der Waals surface area contributed by atoms with Gasteiger partial charge in [-0.25, -0.2) is 4.98 Å². The van der Waals surface area contributed by atoms with E-state index in [1.54, 1.807) is 6.20 Å². The van der Waals surface area contributed by atoms with Crippen molar-refractivity contribution in [3.63, 3.8) is 0 Å². The average Bonchev–Trinajstić information content (AvgIpc) is 2.84. The summed E-state index contributed by atoms with van der Waals surface area (Å²) in [7, 11) is 2.17. The van der Waals surface area contributed by atoms with E-state index >= 15 is 0 Å². The Balaban J connectivity index is 1.44. The summed E-state index contributed by atoms with van der Waals surface area (Å²) in [5, 5.41) is 2.87. The second-order valence-corrected chi connectivity index (χ2v) is 8.95. The van der Waals surface area contributed by atoms with Gasteiger partial charge in [-0.05, 0) is 37.6 Å². The van der Waals surface area contributed by atoms with Gasteiger partial charge >= 0.3 is 6.01 Å². The number of hydrogen-bond acceptors (Lipinski definition) is 7. The lowest BCUT2D eigenvalue weighted by Crippen LogP contribution is -2.38. The number of aliphatic imine (C=N–C) groups is 1. The molecule has 4 rings (SSSR count). The number of anilines is 2. The van der Waals surface area contributed by atoms with E-state index in [2.05, 4.69) is 69.5 Å². The molecular formula is C26H34N6O2. The first-order valence-electron chi connectivity index (χ1n) is 12.1. The molecule has 3 heterocycles. The molecule has 0 fully saturated rings. The van der Waals surface area contributed by atoms with E-state index in [4.69, 9.17) is 4.74 Å². The number of aromatic nitrogens is 2. The molecule has 8 nitrogen and oxygen atoms in total. The fourth-order valence-corrected chi connectivity index (χ4v) is 4.20. The van der Waals surface area contributed by atoms with Gasteiger partial charge in [0.05, 0.1) is 12.7 Å². The molecule has 8 heteroatoms. The van der Waals surface area contributed by atoms with Crippen LogP contribution in [0.5, 0.6) is 6.01 Å². The average molecular weight is 463 g/mol. The van der Waals surface area contributed by atoms with Crippen LogP contribution in [0, 0.1) is 0 Å². The van der Waals surface area contributed by atoms with Gasteiger partial charge < -0.3 is 19.9 Å². The van der Waals surface area contributed by atoms with Crippen LogP contribution in [0.2, 0.25) is 0 Å². The van der Waals surface area contributed by atoms with Crippen LogP contribution in [-0.4, -0.2) is 60.3 Å². The number of nitrogens with one attached hydrogen (secondary N) is 1. The van der Waals surface area contributed by atoms with Crippen molar-refractivity contribution in [1.82, 2.24) is 14.9 Å². The molecular weight excluding hydrogens is 428 g/mol. The van der Waals surface area contributed by atoms with Crippen molar-refractivity contribution in [3.8, 4) is 6.01 Å². The fourth-order valence-electron chi connectivity index (χ4n) is 4.20. The van der Waals surface area contributed by atoms with E-state index < -0.39 is 0 Å². The van der Waals surface area contributed by atoms with Gasteiger partial charge in [-0.15, -0.1) is 0 Å². The molecule has 0 spiro atoms. The second kappa shape index (κ2) is 11.7. The number of carbonyl (C=O) groups excluding carboxylic acids is 1. The monoisotopic (exact) mass is 462 g/mol. The quantitative estimate of drug-likeness (QED) is 0.511. The maximum atomic E-state index is 12.3. The minimum Gasteiger partial charge on any atom is -0.458 e. The molecule has 2 aliphatic heterocycles. The van der Waals surface area contributed by atoms with Crippen LogP contribution in [0.3, 0.4) is 0 Å². The molecule has 1 N–H and O–H groups in total. The van der Waals surface area contributed by atoms with E-state index in [1.807, 2.05) is 11.1 Å². The zero-order valence-electron chi connectivity index (χ0n) is 20.2. The number of amides is 1. The summed E-state index contributed by atoms with van der Waals surface area (Å²) >= 11 is 0. The standard InChI is InChI=1S/C26H34N6O2/c1-3-4-5-12-31(2)16-20-8-6-9-21(13-20)17-32-18-24(33)29-23-15-28-26(30-25(23)32)34-19-22-10-7-11-27-14-22/h6,8-10,13-15H,3-5,7,11-12,16-19H2,1-2H3,(H,29,33). The summed E-state index contributed by atoms with van der Waals surface area (Å²) in [5.41, 5.74) is 4.04. The first-order valence-corrected chi connectivity index (χ1v) is 12.1. The van der Waals surface area contributed by atoms with Gasteiger partial charge in [0.15, 0.2) is 5.82 Å². The Hall–Kier alpha value is -3.26. The number of fused-ring (bicyclic) bond motifs is 1. The van der Waals surface area contributed by atoms with Gasteiger partial charge in [0.25, 0.3) is 0 Å². The molecule has 0 radical (unpaired) electrons. The first kappa shape index (κ1) is 23.9. The Morgan fingerprint density at radius 2 is 2.12 bits per heavy atom. The van der Waals surface area contributed by atoms with Gasteiger partial charge in [-0.1, -0.05) is 50.1 Å². The number of carbonyl (C=O) groups is 1. The lowest BCUT2D eigenvalue weighted by atomic mass is 10.1. The molecule has 0 unspecified atom stereocenters. The summed E-state index contributed by atoms with van der Waals surface area (Å²) < 4.78 is 5.81. The molecule has 0 saturated carbocycles. The molecule has 0 atom stereocenters. The highest BCUT2D eigenvalue weighted by Gasteiger charge is 2.25. The number of unbranched alkanes of at least 4 members (excludes halogenated alkanes) is 2. The minimum absolute atomic E-state index is 0.0693. The van der Waals surface area contributed by atoms with E-state index in [1.165, 1.54) is 24.8 Å². The maximum absolute atomic E-state index is 12.3. The SMILES string of the molecule is CCCCCN(C)Cc1cccc(CN2CC(=O)Nc3cnc(OCC4=CCCN=C4)nc32)c1. The summed E-state index contributed by atoms with van der Waals surface area (Å²) in [6.07, 6.45) is 10.2. The van der Waals surface area contributed by atoms with Crippen LogP contribution in [-0.2, 0) is 17.9 Å². The van der Waals surface area contributed by atoms with Gasteiger partial charge in [0.2, 0.25) is 5.91 Å². The summed E-state index contributed by atoms with van der Waals surface area (Å²) in [6.45, 7) is 6.26. The van der Waals surface area contributed by atoms with Crippen molar-refractivity contribution in [2.45, 2.75) is 45.7 Å². The summed E-state index contributed by atoms with van der Waals surface area (Å²) in [6, 6.07) is 8.86. The van der Waals surface area contributed by atoms with E-state index in [0.717, 1.165) is 37.2 Å². The van der Waals surface area contributed by atoms with Crippen molar-refractivity contribution in [3.05, 3.63) is 53.2 Å². The van der Waals surface area contributed by atoms with E-state index in [0.29, 0.717) is 30.7 Å². The highest BCUT2D eigenvalue weighted by atomic mass is 16.5. The Labute approximate surface area is 201 Å². The fraction of sp³-hybridized carbons (Fsp3) is 0.462. The third kappa shape index (κ3) is 6.63. The molecule has 1 aromatic carbocycles. The first-order chi connectivity index (χ1) is 16.6. The number of benzene rings is 1. The van der Waals surface area contributed by atoms with E-state index in [-0.39, 0.29) is 12.5 Å². The smallest absolute Gasteiger partial charge is 0.318 e. The Morgan fingerprint density at radius 1 is 1.24 bits per heavy atom. The molecule has 2 aromatic rings. The predicted molar refractivity (Wildman–Crippen MR) is 136 cm³/mol. The summed E-state index contributed by atoms with van der Waals surface area (Å²) in [4.78, 5) is 29.8. The van der Waals surface area contributed by atoms with Crippen LogP contribution >= 0.6 is 0 Å². The van der Waals surface area contributed by atoms with Gasteiger partial charge in [-0.3, -0.25) is 9.79 Å². The van der Waals surface area contributed by atoms with Crippen molar-refractivity contribution >= 4 is 23.6 Å². The summed E-state index contributed by atoms with van der Waals surface area (Å²) in [5.74, 6) is 0.609. The Bertz CT molecular complexity index is 1050. The molecule has 1 aromatic heterocycles. The number of dihydropyridines is 1. The number of nitrogens with zero attached hydrogens (tertiary/aromatic N) is 5. The number of hydrogen-bond donors (Lipinski definition) is 1. The third-order valence-corrected chi connectivity index (χ3v) is 5.91. The number of rotatable bonds is 11. The zero-order chi connectivity index (χ0) is 23.8. The zero-order valence-corrected chi connectivity index (χ0v) is 20.2. The van der Waals surface area contributed by atoms with Crippen LogP contribution in [0.15, 0.2) is 47.1 Å². The molecule has 0 saturated heterocycles. The van der Waals surface area contributed by atoms with Crippen LogP contribution in [0.25, 0.3) is 0 Å². The molecule has 2 aliphatic rings. The van der Waals surface area contributed by atoms with Crippen LogP contribution < -0.4 is 15.0 Å². The van der Waals surface area contributed by atoms with Gasteiger partial charge in [0.1, 0.15) is 12.3 Å². The van der Waals surface area contributed by atoms with Gasteiger partial charge in [0, 0.05) is 31.4 Å². The second-order valence-electron chi connectivity index (χ2n) is 8.95. The van der Waals surface area contributed by atoms with Crippen molar-refractivity contribution in [2.75, 3.05) is 43.5 Å². The molecule has 0 bridgehead atoms. The van der Waals surface area contributed by atoms with Crippen molar-refractivity contribution in [1.29, 1.82) is 0 Å². The van der Waals surface area contributed by atoms with Gasteiger partial charge in [-0.2, -0.15) is 4.98 Å². The molecule has 34 heavy (non-hydrogen) atoms. The topological polar surface area (TPSA) is 83.0 Å². The number of ether oxygens (including phenoxy) is 1. The molecule has 0 aliphatic carbocycles. The van der Waals surface area contributed by atoms with Crippen LogP contribution in [0.1, 0.15) is 43.7 Å². The van der Waals surface area contributed by atoms with E-state index in [9.17, 15) is 4.79 Å². The van der Waals surface area contributed by atoms with Crippen molar-refractivity contribution < 1.29 is 9.53 Å². The maximum Gasteiger partial charge on any atom is 0.318 e. The highest BCUT2D eigenvalue weighted by Crippen LogP contribution is 2.29. The van der Waals surface area contributed by atoms with Crippen LogP contribution in [0.4, 0.5) is 11.5 Å². The Morgan fingerprint density at radius 3 is 2.94 bits per heavy atom. The largest absolute Gasteiger partial charge is 0.458 e. The Kier molecular flexibility index (Phi) is 8.25. The minimum atomic E-state index is -0.0693. The van der Waals surface area contributed by atoms with Crippen molar-refractivity contribution in [2.24, 2.45) is 4.99 Å². The predicted octanol–water partition coefficient (Wildman–Crippen LogP) is 3.84. The molecule has 1 amide bonds. The lowest BCUT2D eigenvalue weighted by Gasteiger charge is -2.29.